The number of rotatable bonds is 2. The van der Waals surface area contributed by atoms with Crippen LogP contribution in [0.3, 0.4) is 0 Å². The summed E-state index contributed by atoms with van der Waals surface area (Å²) in [7, 11) is 0. The first-order valence-electron chi connectivity index (χ1n) is 5.97. The number of nitrogens with zero attached hydrogens (tertiary/aromatic N) is 1. The quantitative estimate of drug-likeness (QED) is 0.743. The minimum Gasteiger partial charge on any atom is -0.253 e. The van der Waals surface area contributed by atoms with Crippen LogP contribution in [-0.4, -0.2) is 4.98 Å². The van der Waals surface area contributed by atoms with Gasteiger partial charge in [0.15, 0.2) is 0 Å². The van der Waals surface area contributed by atoms with Crippen LogP contribution in [0.4, 0.5) is 4.39 Å². The molecule has 0 unspecified atom stereocenters. The molecule has 0 bridgehead atoms. The Morgan fingerprint density at radius 3 is 2.56 bits per heavy atom. The maximum absolute atomic E-state index is 13.5. The second-order valence-corrected chi connectivity index (χ2v) is 4.40. The van der Waals surface area contributed by atoms with Crippen LogP contribution < -0.4 is 0 Å². The van der Waals surface area contributed by atoms with Gasteiger partial charge in [0.1, 0.15) is 11.5 Å². The van der Waals surface area contributed by atoms with Crippen LogP contribution in [-0.2, 0) is 0 Å². The molecule has 0 aliphatic rings. The zero-order valence-electron chi connectivity index (χ0n) is 10.9. The second kappa shape index (κ2) is 5.13. The molecule has 0 atom stereocenters. The zero-order chi connectivity index (χ0) is 13.1. The van der Waals surface area contributed by atoms with Crippen LogP contribution in [0.15, 0.2) is 42.6 Å². The van der Waals surface area contributed by atoms with Gasteiger partial charge in [-0.25, -0.2) is 4.39 Å². The average molecular weight is 241 g/mol. The lowest BCUT2D eigenvalue weighted by molar-refractivity contribution is 0.749. The first-order valence-corrected chi connectivity index (χ1v) is 5.97. The summed E-state index contributed by atoms with van der Waals surface area (Å²) in [5.74, 6) is -0.275. The summed E-state index contributed by atoms with van der Waals surface area (Å²) in [6.07, 6.45) is 3.15. The predicted molar refractivity (Wildman–Crippen MR) is 73.9 cm³/mol. The van der Waals surface area contributed by atoms with Crippen LogP contribution in [0.25, 0.3) is 17.0 Å². The highest BCUT2D eigenvalue weighted by Gasteiger charge is 2.07. The molecule has 0 spiro atoms. The maximum atomic E-state index is 13.5. The Morgan fingerprint density at radius 2 is 1.94 bits per heavy atom. The van der Waals surface area contributed by atoms with E-state index >= 15 is 0 Å². The third-order valence-corrected chi connectivity index (χ3v) is 2.91. The monoisotopic (exact) mass is 241 g/mol. The highest BCUT2D eigenvalue weighted by atomic mass is 19.1. The summed E-state index contributed by atoms with van der Waals surface area (Å²) < 4.78 is 13.5. The molecule has 2 aromatic rings. The van der Waals surface area contributed by atoms with E-state index in [1.165, 1.54) is 11.6 Å². The average Bonchev–Trinajstić information content (AvgIpc) is 2.37. The Balaban J connectivity index is 2.46. The number of halogens is 1. The molecule has 0 aliphatic heterocycles. The molecule has 92 valence electrons. The summed E-state index contributed by atoms with van der Waals surface area (Å²) in [6.45, 7) is 5.60. The maximum Gasteiger partial charge on any atom is 0.144 e. The van der Waals surface area contributed by atoms with Gasteiger partial charge in [-0.3, -0.25) is 4.98 Å². The lowest BCUT2D eigenvalue weighted by atomic mass is 10.0. The number of allylic oxidation sites excluding steroid dienone is 1. The molecule has 0 saturated carbocycles. The van der Waals surface area contributed by atoms with Crippen molar-refractivity contribution < 1.29 is 4.39 Å². The fourth-order valence-electron chi connectivity index (χ4n) is 1.94. The molecule has 2 heteroatoms. The standard InChI is InChI=1S/C16H16FN/c1-4-15(17)16-12(3)9-14(10-18-16)13-7-5-6-11(2)8-13/h4-10H,1-3H3/b15-4+. The van der Waals surface area contributed by atoms with E-state index in [1.54, 1.807) is 13.1 Å². The first kappa shape index (κ1) is 12.5. The highest BCUT2D eigenvalue weighted by molar-refractivity contribution is 5.67. The van der Waals surface area contributed by atoms with E-state index in [0.29, 0.717) is 5.69 Å². The summed E-state index contributed by atoms with van der Waals surface area (Å²) in [4.78, 5) is 4.21. The van der Waals surface area contributed by atoms with Gasteiger partial charge < -0.3 is 0 Å². The van der Waals surface area contributed by atoms with Gasteiger partial charge in [-0.2, -0.15) is 0 Å². The molecular formula is C16H16FN. The number of benzene rings is 1. The second-order valence-electron chi connectivity index (χ2n) is 4.40. The van der Waals surface area contributed by atoms with E-state index in [2.05, 4.69) is 24.0 Å². The Bertz CT molecular complexity index is 600. The van der Waals surface area contributed by atoms with Crippen LogP contribution in [0.2, 0.25) is 0 Å². The van der Waals surface area contributed by atoms with Crippen molar-refractivity contribution >= 4 is 5.83 Å². The Hall–Kier alpha value is -1.96. The predicted octanol–water partition coefficient (Wildman–Crippen LogP) is 4.70. The van der Waals surface area contributed by atoms with Crippen molar-refractivity contribution in [3.63, 3.8) is 0 Å². The fourth-order valence-corrected chi connectivity index (χ4v) is 1.94. The van der Waals surface area contributed by atoms with Crippen molar-refractivity contribution in [3.8, 4) is 11.1 Å². The molecular weight excluding hydrogens is 225 g/mol. The van der Waals surface area contributed by atoms with Gasteiger partial charge in [-0.15, -0.1) is 0 Å². The van der Waals surface area contributed by atoms with E-state index in [1.807, 2.05) is 25.1 Å². The summed E-state index contributed by atoms with van der Waals surface area (Å²) in [6, 6.07) is 10.2. The first-order chi connectivity index (χ1) is 8.61. The van der Waals surface area contributed by atoms with E-state index in [-0.39, 0.29) is 5.83 Å². The molecule has 1 nitrogen and oxygen atoms in total. The Morgan fingerprint density at radius 1 is 1.17 bits per heavy atom. The van der Waals surface area contributed by atoms with Crippen LogP contribution in [0, 0.1) is 13.8 Å². The topological polar surface area (TPSA) is 12.9 Å². The molecule has 18 heavy (non-hydrogen) atoms. The minimum absolute atomic E-state index is 0.275. The molecule has 0 amide bonds. The van der Waals surface area contributed by atoms with Crippen LogP contribution in [0.1, 0.15) is 23.7 Å². The van der Waals surface area contributed by atoms with E-state index in [0.717, 1.165) is 16.7 Å². The third-order valence-electron chi connectivity index (χ3n) is 2.91. The largest absolute Gasteiger partial charge is 0.253 e. The minimum atomic E-state index is -0.275. The van der Waals surface area contributed by atoms with E-state index in [9.17, 15) is 4.39 Å². The Kier molecular flexibility index (Phi) is 3.56. The fraction of sp³-hybridized carbons (Fsp3) is 0.188. The van der Waals surface area contributed by atoms with E-state index in [4.69, 9.17) is 0 Å². The summed E-state index contributed by atoms with van der Waals surface area (Å²) in [5.41, 5.74) is 4.61. The van der Waals surface area contributed by atoms with E-state index < -0.39 is 0 Å². The van der Waals surface area contributed by atoms with Crippen molar-refractivity contribution in [3.05, 3.63) is 59.4 Å². The highest BCUT2D eigenvalue weighted by Crippen LogP contribution is 2.24. The molecule has 2 rings (SSSR count). The summed E-state index contributed by atoms with van der Waals surface area (Å²) >= 11 is 0. The normalized spacial score (nSPS) is 11.7. The van der Waals surface area contributed by atoms with Crippen molar-refractivity contribution in [2.24, 2.45) is 0 Å². The van der Waals surface area contributed by atoms with Gasteiger partial charge in [0.25, 0.3) is 0 Å². The van der Waals surface area contributed by atoms with Crippen molar-refractivity contribution in [2.75, 3.05) is 0 Å². The van der Waals surface area contributed by atoms with Gasteiger partial charge >= 0.3 is 0 Å². The molecule has 1 aromatic heterocycles. The smallest absolute Gasteiger partial charge is 0.144 e. The SMILES string of the molecule is C/C=C(/F)c1ncc(-c2cccc(C)c2)cc1C. The molecule has 0 N–H and O–H groups in total. The number of aryl methyl sites for hydroxylation is 2. The van der Waals surface area contributed by atoms with Crippen molar-refractivity contribution in [2.45, 2.75) is 20.8 Å². The lowest BCUT2D eigenvalue weighted by Gasteiger charge is -2.07. The molecule has 0 radical (unpaired) electrons. The number of hydrogen-bond acceptors (Lipinski definition) is 1. The number of hydrogen-bond donors (Lipinski definition) is 0. The molecule has 0 fully saturated rings. The molecule has 0 aliphatic carbocycles. The van der Waals surface area contributed by atoms with Gasteiger partial charge in [-0.05, 0) is 44.0 Å². The third kappa shape index (κ3) is 2.48. The van der Waals surface area contributed by atoms with Gasteiger partial charge in [-0.1, -0.05) is 29.8 Å². The lowest BCUT2D eigenvalue weighted by Crippen LogP contribution is -1.92. The molecule has 1 heterocycles. The summed E-state index contributed by atoms with van der Waals surface area (Å²) in [5, 5.41) is 0. The van der Waals surface area contributed by atoms with Gasteiger partial charge in [0.05, 0.1) is 0 Å². The van der Waals surface area contributed by atoms with Crippen molar-refractivity contribution in [1.82, 2.24) is 4.98 Å². The molecule has 0 saturated heterocycles. The van der Waals surface area contributed by atoms with Gasteiger partial charge in [0, 0.05) is 11.8 Å². The zero-order valence-corrected chi connectivity index (χ0v) is 10.9. The van der Waals surface area contributed by atoms with Crippen LogP contribution >= 0.6 is 0 Å². The van der Waals surface area contributed by atoms with Crippen LogP contribution in [0.5, 0.6) is 0 Å². The van der Waals surface area contributed by atoms with Gasteiger partial charge in [0.2, 0.25) is 0 Å². The number of aromatic nitrogens is 1. The van der Waals surface area contributed by atoms with Crippen molar-refractivity contribution in [1.29, 1.82) is 0 Å². The Labute approximate surface area is 107 Å². The number of pyridine rings is 1. The molecule has 1 aromatic carbocycles.